The van der Waals surface area contributed by atoms with E-state index in [-0.39, 0.29) is 31.2 Å². The highest BCUT2D eigenvalue weighted by Crippen LogP contribution is 2.23. The van der Waals surface area contributed by atoms with Gasteiger partial charge in [0.05, 0.1) is 25.3 Å². The monoisotopic (exact) mass is 430 g/mol. The Labute approximate surface area is 175 Å². The number of nitrogens with one attached hydrogen (secondary N) is 1. The molecule has 1 heterocycles. The van der Waals surface area contributed by atoms with Crippen LogP contribution in [0.3, 0.4) is 0 Å². The zero-order chi connectivity index (χ0) is 22.5. The van der Waals surface area contributed by atoms with Gasteiger partial charge in [-0.05, 0) is 17.7 Å². The predicted molar refractivity (Wildman–Crippen MR) is 111 cm³/mol. The van der Waals surface area contributed by atoms with Crippen LogP contribution in [0.15, 0.2) is 58.1 Å². The first-order valence-electron chi connectivity index (χ1n) is 9.26. The number of carbonyl (C=O) groups is 1. The lowest BCUT2D eigenvalue weighted by Gasteiger charge is -2.25. The van der Waals surface area contributed by atoms with Crippen LogP contribution in [0, 0.1) is 11.6 Å². The molecule has 8 nitrogen and oxygen atoms in total. The highest BCUT2D eigenvalue weighted by Gasteiger charge is 2.27. The summed E-state index contributed by atoms with van der Waals surface area (Å²) in [5.41, 5.74) is 4.25. The zero-order valence-electron chi connectivity index (χ0n) is 16.6. The third-order valence-corrected chi connectivity index (χ3v) is 4.59. The Morgan fingerprint density at radius 2 is 1.87 bits per heavy atom. The topological polar surface area (TPSA) is 110 Å². The van der Waals surface area contributed by atoms with E-state index in [1.165, 1.54) is 7.11 Å². The zero-order valence-corrected chi connectivity index (χ0v) is 16.6. The molecule has 0 saturated carbocycles. The lowest BCUT2D eigenvalue weighted by molar-refractivity contribution is 0.0980. The largest absolute Gasteiger partial charge is 0.383 e. The van der Waals surface area contributed by atoms with E-state index < -0.39 is 34.4 Å². The molecule has 0 aliphatic carbocycles. The van der Waals surface area contributed by atoms with Gasteiger partial charge in [0, 0.05) is 13.2 Å². The van der Waals surface area contributed by atoms with Crippen molar-refractivity contribution in [3.63, 3.8) is 0 Å². The third kappa shape index (κ3) is 4.69. The van der Waals surface area contributed by atoms with E-state index in [9.17, 15) is 23.2 Å². The van der Waals surface area contributed by atoms with E-state index in [4.69, 9.17) is 10.5 Å². The third-order valence-electron chi connectivity index (χ3n) is 4.59. The lowest BCUT2D eigenvalue weighted by atomic mass is 10.1. The summed E-state index contributed by atoms with van der Waals surface area (Å²) < 4.78 is 33.7. The number of aromatic nitrogens is 2. The number of H-pyrrole nitrogens is 1. The van der Waals surface area contributed by atoms with Crippen LogP contribution in [0.25, 0.3) is 0 Å². The average molecular weight is 430 g/mol. The van der Waals surface area contributed by atoms with Crippen LogP contribution in [0.2, 0.25) is 0 Å². The first-order chi connectivity index (χ1) is 14.8. The van der Waals surface area contributed by atoms with Crippen molar-refractivity contribution in [1.82, 2.24) is 9.55 Å². The van der Waals surface area contributed by atoms with E-state index in [1.807, 2.05) is 0 Å². The van der Waals surface area contributed by atoms with Crippen LogP contribution in [0.5, 0.6) is 0 Å². The summed E-state index contributed by atoms with van der Waals surface area (Å²) >= 11 is 0. The molecule has 3 rings (SSSR count). The van der Waals surface area contributed by atoms with Crippen molar-refractivity contribution in [1.29, 1.82) is 0 Å². The summed E-state index contributed by atoms with van der Waals surface area (Å²) in [5, 5.41) is 0. The predicted octanol–water partition coefficient (Wildman–Crippen LogP) is 1.89. The van der Waals surface area contributed by atoms with E-state index in [0.29, 0.717) is 11.6 Å². The molecular formula is C21H20F2N4O4. The summed E-state index contributed by atoms with van der Waals surface area (Å²) in [4.78, 5) is 41.2. The molecule has 0 radical (unpaired) electrons. The van der Waals surface area contributed by atoms with Crippen molar-refractivity contribution in [3.8, 4) is 0 Å². The summed E-state index contributed by atoms with van der Waals surface area (Å²) in [5.74, 6) is -3.15. The number of methoxy groups -OCH3 is 1. The van der Waals surface area contributed by atoms with Gasteiger partial charge in [0.1, 0.15) is 17.5 Å². The summed E-state index contributed by atoms with van der Waals surface area (Å²) in [6.07, 6.45) is 0. The van der Waals surface area contributed by atoms with Crippen molar-refractivity contribution in [3.05, 3.63) is 92.1 Å². The molecule has 2 aromatic carbocycles. The van der Waals surface area contributed by atoms with Gasteiger partial charge in [-0.1, -0.05) is 30.3 Å². The number of benzene rings is 2. The van der Waals surface area contributed by atoms with Gasteiger partial charge in [0.15, 0.2) is 5.69 Å². The molecule has 0 atom stereocenters. The Kier molecular flexibility index (Phi) is 6.61. The standard InChI is InChI=1S/C21H20F2N4O4/c1-31-10-9-26-18(24)17(19(28)25-21(26)30)27(12-13-5-3-2-4-6-13)20(29)15-8-7-14(22)11-16(15)23/h2-8,11H,9-10,12,24H2,1H3,(H,25,28,30). The number of nitrogens with zero attached hydrogens (tertiary/aromatic N) is 2. The number of carbonyl (C=O) groups excluding carboxylic acids is 1. The molecule has 3 aromatic rings. The fourth-order valence-electron chi connectivity index (χ4n) is 3.07. The Hall–Kier alpha value is -3.79. The molecular weight excluding hydrogens is 410 g/mol. The number of anilines is 2. The first-order valence-corrected chi connectivity index (χ1v) is 9.26. The maximum Gasteiger partial charge on any atom is 0.330 e. The van der Waals surface area contributed by atoms with Gasteiger partial charge in [-0.25, -0.2) is 13.6 Å². The van der Waals surface area contributed by atoms with E-state index in [1.54, 1.807) is 30.3 Å². The molecule has 0 bridgehead atoms. The average Bonchev–Trinajstić information content (AvgIpc) is 2.73. The fourth-order valence-corrected chi connectivity index (χ4v) is 3.07. The quantitative estimate of drug-likeness (QED) is 0.595. The Morgan fingerprint density at radius 3 is 2.52 bits per heavy atom. The molecule has 1 aromatic heterocycles. The number of nitrogens with two attached hydrogens (primary N) is 1. The van der Waals surface area contributed by atoms with E-state index in [0.717, 1.165) is 21.6 Å². The van der Waals surface area contributed by atoms with Crippen LogP contribution in [-0.2, 0) is 17.8 Å². The van der Waals surface area contributed by atoms with Gasteiger partial charge in [0.2, 0.25) is 0 Å². The highest BCUT2D eigenvalue weighted by molar-refractivity contribution is 6.07. The number of amides is 1. The van der Waals surface area contributed by atoms with Gasteiger partial charge in [0.25, 0.3) is 11.5 Å². The van der Waals surface area contributed by atoms with Gasteiger partial charge in [-0.3, -0.25) is 24.0 Å². The number of aromatic amines is 1. The van der Waals surface area contributed by atoms with E-state index in [2.05, 4.69) is 4.98 Å². The number of ether oxygens (including phenoxy) is 1. The fraction of sp³-hybridized carbons (Fsp3) is 0.190. The minimum absolute atomic E-state index is 0.0171. The molecule has 0 aliphatic rings. The van der Waals surface area contributed by atoms with Crippen LogP contribution >= 0.6 is 0 Å². The number of hydrogen-bond acceptors (Lipinski definition) is 5. The maximum atomic E-state index is 14.4. The Bertz CT molecular complexity index is 1210. The second kappa shape index (κ2) is 9.35. The van der Waals surface area contributed by atoms with Gasteiger partial charge in [-0.2, -0.15) is 0 Å². The number of rotatable bonds is 7. The number of nitrogen functional groups attached to an aromatic ring is 1. The van der Waals surface area contributed by atoms with Crippen LogP contribution in [0.1, 0.15) is 15.9 Å². The lowest BCUT2D eigenvalue weighted by Crippen LogP contribution is -2.41. The molecule has 0 fully saturated rings. The molecule has 0 aliphatic heterocycles. The smallest absolute Gasteiger partial charge is 0.330 e. The maximum absolute atomic E-state index is 14.4. The highest BCUT2D eigenvalue weighted by atomic mass is 19.1. The minimum Gasteiger partial charge on any atom is -0.383 e. The summed E-state index contributed by atoms with van der Waals surface area (Å²) in [6.45, 7) is -0.00964. The van der Waals surface area contributed by atoms with Crippen LogP contribution < -0.4 is 21.9 Å². The van der Waals surface area contributed by atoms with Crippen LogP contribution in [-0.4, -0.2) is 29.2 Å². The molecule has 10 heteroatoms. The van der Waals surface area contributed by atoms with Crippen molar-refractivity contribution in [2.45, 2.75) is 13.1 Å². The second-order valence-corrected chi connectivity index (χ2v) is 6.64. The summed E-state index contributed by atoms with van der Waals surface area (Å²) in [6, 6.07) is 11.1. The van der Waals surface area contributed by atoms with Crippen molar-refractivity contribution in [2.24, 2.45) is 0 Å². The normalized spacial score (nSPS) is 10.8. The number of hydrogen-bond donors (Lipinski definition) is 2. The Morgan fingerprint density at radius 1 is 1.16 bits per heavy atom. The first kappa shape index (κ1) is 21.9. The molecule has 31 heavy (non-hydrogen) atoms. The van der Waals surface area contributed by atoms with Gasteiger partial charge >= 0.3 is 5.69 Å². The second-order valence-electron chi connectivity index (χ2n) is 6.64. The van der Waals surface area contributed by atoms with Crippen LogP contribution in [0.4, 0.5) is 20.3 Å². The number of halogens is 2. The van der Waals surface area contributed by atoms with Gasteiger partial charge in [-0.15, -0.1) is 0 Å². The molecule has 1 amide bonds. The molecule has 0 spiro atoms. The molecule has 0 saturated heterocycles. The van der Waals surface area contributed by atoms with E-state index >= 15 is 0 Å². The Balaban J connectivity index is 2.18. The summed E-state index contributed by atoms with van der Waals surface area (Å²) in [7, 11) is 1.43. The SMILES string of the molecule is COCCn1c(N)c(N(Cc2ccccc2)C(=O)c2ccc(F)cc2F)c(=O)[nH]c1=O. The van der Waals surface area contributed by atoms with Crippen molar-refractivity contribution >= 4 is 17.4 Å². The molecule has 3 N–H and O–H groups in total. The van der Waals surface area contributed by atoms with Crippen molar-refractivity contribution < 1.29 is 18.3 Å². The van der Waals surface area contributed by atoms with Gasteiger partial charge < -0.3 is 10.5 Å². The molecule has 162 valence electrons. The van der Waals surface area contributed by atoms with Crippen molar-refractivity contribution in [2.75, 3.05) is 24.4 Å². The molecule has 0 unspecified atom stereocenters. The minimum atomic E-state index is -1.09.